The Balaban J connectivity index is 1.36. The molecule has 0 saturated carbocycles. The van der Waals surface area contributed by atoms with Crippen LogP contribution in [-0.2, 0) is 0 Å². The maximum atomic E-state index is 12.7. The number of carbonyl (C=O) groups is 1. The second-order valence-corrected chi connectivity index (χ2v) is 9.05. The maximum Gasteiger partial charge on any atom is 0.257 e. The zero-order valence-electron chi connectivity index (χ0n) is 19.4. The van der Waals surface area contributed by atoms with Crippen molar-refractivity contribution < 1.29 is 9.53 Å². The number of likely N-dealkylation sites (N-methyl/N-ethyl adjacent to an activating group) is 1. The number of ether oxygens (including phenoxy) is 1. The number of amides is 1. The van der Waals surface area contributed by atoms with E-state index in [1.807, 2.05) is 18.0 Å². The normalized spacial score (nSPS) is 20.2. The minimum atomic E-state index is -0.402. The van der Waals surface area contributed by atoms with Gasteiger partial charge in [0.1, 0.15) is 17.3 Å². The third-order valence-electron chi connectivity index (χ3n) is 6.39. The molecule has 1 amide bonds. The fraction of sp³-hybridized carbons (Fsp3) is 0.333. The van der Waals surface area contributed by atoms with E-state index in [2.05, 4.69) is 49.9 Å². The van der Waals surface area contributed by atoms with Gasteiger partial charge in [-0.15, -0.1) is 0 Å². The summed E-state index contributed by atoms with van der Waals surface area (Å²) in [6.45, 7) is 4.06. The number of fused-ring (bicyclic) bond motifs is 1. The first kappa shape index (κ1) is 22.4. The minimum absolute atomic E-state index is 0.234. The fourth-order valence-corrected chi connectivity index (χ4v) is 4.50. The lowest BCUT2D eigenvalue weighted by atomic mass is 10.1. The number of aliphatic imine (C=N–C) groups is 1. The van der Waals surface area contributed by atoms with Crippen LogP contribution in [0.5, 0.6) is 5.75 Å². The molecular formula is C24H28ClN7O2. The van der Waals surface area contributed by atoms with E-state index in [-0.39, 0.29) is 5.91 Å². The average molecular weight is 482 g/mol. The van der Waals surface area contributed by atoms with Crippen LogP contribution in [0.4, 0.5) is 17.1 Å². The topological polar surface area (TPSA) is 84.5 Å². The van der Waals surface area contributed by atoms with Crippen molar-refractivity contribution in [1.29, 1.82) is 0 Å². The molecule has 2 aromatic rings. The molecule has 3 aliphatic heterocycles. The quantitative estimate of drug-likeness (QED) is 0.619. The van der Waals surface area contributed by atoms with Gasteiger partial charge >= 0.3 is 0 Å². The number of rotatable bonds is 4. The Morgan fingerprint density at radius 3 is 2.65 bits per heavy atom. The van der Waals surface area contributed by atoms with Gasteiger partial charge in [0.2, 0.25) is 0 Å². The number of hydrogen-bond donors (Lipinski definition) is 3. The molecule has 1 fully saturated rings. The molecule has 10 heteroatoms. The van der Waals surface area contributed by atoms with Gasteiger partial charge in [0.15, 0.2) is 6.29 Å². The lowest BCUT2D eigenvalue weighted by molar-refractivity contribution is 0.0968. The summed E-state index contributed by atoms with van der Waals surface area (Å²) in [5.41, 5.74) is 3.74. The highest BCUT2D eigenvalue weighted by molar-refractivity contribution is 6.31. The number of anilines is 3. The summed E-state index contributed by atoms with van der Waals surface area (Å²) in [6, 6.07) is 11.4. The number of carbonyl (C=O) groups excluding carboxylic acids is 1. The molecule has 5 rings (SSSR count). The van der Waals surface area contributed by atoms with E-state index in [0.717, 1.165) is 49.1 Å². The van der Waals surface area contributed by atoms with Gasteiger partial charge in [-0.2, -0.15) is 0 Å². The van der Waals surface area contributed by atoms with Gasteiger partial charge in [0.25, 0.3) is 5.91 Å². The van der Waals surface area contributed by atoms with Crippen molar-refractivity contribution in [3.8, 4) is 5.75 Å². The summed E-state index contributed by atoms with van der Waals surface area (Å²) in [5.74, 6) is 1.25. The van der Waals surface area contributed by atoms with Crippen LogP contribution in [0.15, 0.2) is 52.9 Å². The zero-order valence-corrected chi connectivity index (χ0v) is 20.2. The molecule has 2 aromatic carbocycles. The van der Waals surface area contributed by atoms with Gasteiger partial charge in [-0.3, -0.25) is 4.79 Å². The van der Waals surface area contributed by atoms with Crippen LogP contribution >= 0.6 is 11.6 Å². The van der Waals surface area contributed by atoms with E-state index in [0.29, 0.717) is 22.0 Å². The standard InChI is InChI=1S/C24H28ClN7O2/c1-30-8-10-32(11-9-30)16-5-7-19(21(13-16)34-3)29-24-26-14-20-22(31(24)2)27-18-6-4-15(25)12-17(18)23(33)28-20/h4-7,12-14,24,27,29H,8-11H2,1-3H3,(H,28,33). The highest BCUT2D eigenvalue weighted by Gasteiger charge is 2.29. The first-order valence-corrected chi connectivity index (χ1v) is 11.6. The molecular weight excluding hydrogens is 454 g/mol. The van der Waals surface area contributed by atoms with Gasteiger partial charge < -0.3 is 35.4 Å². The van der Waals surface area contributed by atoms with E-state index in [1.54, 1.807) is 31.5 Å². The van der Waals surface area contributed by atoms with Crippen molar-refractivity contribution in [1.82, 2.24) is 15.1 Å². The SMILES string of the molecule is COc1cc(N2CCN(C)CC2)ccc1NC1N=CC2=C(Nc3ccc(Cl)cc3C(=O)N2)N1C. The molecule has 3 heterocycles. The number of nitrogens with one attached hydrogen (secondary N) is 3. The number of benzene rings is 2. The Kier molecular flexibility index (Phi) is 5.97. The van der Waals surface area contributed by atoms with Crippen LogP contribution in [0.2, 0.25) is 5.02 Å². The zero-order chi connectivity index (χ0) is 23.8. The largest absolute Gasteiger partial charge is 0.495 e. The lowest BCUT2D eigenvalue weighted by Crippen LogP contribution is -2.44. The van der Waals surface area contributed by atoms with Gasteiger partial charge in [-0.1, -0.05) is 11.6 Å². The molecule has 1 saturated heterocycles. The van der Waals surface area contributed by atoms with Crippen molar-refractivity contribution in [2.45, 2.75) is 6.29 Å². The second kappa shape index (κ2) is 9.08. The number of nitrogens with zero attached hydrogens (tertiary/aromatic N) is 4. The minimum Gasteiger partial charge on any atom is -0.495 e. The predicted octanol–water partition coefficient (Wildman–Crippen LogP) is 2.84. The summed E-state index contributed by atoms with van der Waals surface area (Å²) < 4.78 is 5.71. The van der Waals surface area contributed by atoms with Crippen molar-refractivity contribution in [2.24, 2.45) is 4.99 Å². The van der Waals surface area contributed by atoms with Crippen LogP contribution in [0.1, 0.15) is 10.4 Å². The van der Waals surface area contributed by atoms with Gasteiger partial charge in [0.05, 0.1) is 30.3 Å². The number of hydrogen-bond acceptors (Lipinski definition) is 8. The van der Waals surface area contributed by atoms with Crippen molar-refractivity contribution in [3.05, 3.63) is 58.5 Å². The van der Waals surface area contributed by atoms with Crippen molar-refractivity contribution >= 4 is 40.8 Å². The number of allylic oxidation sites excluding steroid dienone is 1. The maximum absolute atomic E-state index is 12.7. The molecule has 1 atom stereocenters. The fourth-order valence-electron chi connectivity index (χ4n) is 4.33. The second-order valence-electron chi connectivity index (χ2n) is 8.61. The van der Waals surface area contributed by atoms with Crippen LogP contribution in [0, 0.1) is 0 Å². The van der Waals surface area contributed by atoms with E-state index in [4.69, 9.17) is 16.3 Å². The van der Waals surface area contributed by atoms with Gasteiger partial charge in [-0.05, 0) is 37.4 Å². The van der Waals surface area contributed by atoms with Gasteiger partial charge in [-0.25, -0.2) is 4.99 Å². The Hall–Kier alpha value is -3.43. The highest BCUT2D eigenvalue weighted by Crippen LogP contribution is 2.33. The van der Waals surface area contributed by atoms with Crippen LogP contribution in [-0.4, -0.2) is 75.6 Å². The first-order chi connectivity index (χ1) is 16.4. The molecule has 0 bridgehead atoms. The number of methoxy groups -OCH3 is 1. The molecule has 0 aromatic heterocycles. The molecule has 0 aliphatic carbocycles. The molecule has 178 valence electrons. The van der Waals surface area contributed by atoms with E-state index in [1.165, 1.54) is 0 Å². The molecule has 9 nitrogen and oxygen atoms in total. The lowest BCUT2D eigenvalue weighted by Gasteiger charge is -2.35. The summed E-state index contributed by atoms with van der Waals surface area (Å²) in [5, 5.41) is 10.2. The smallest absolute Gasteiger partial charge is 0.257 e. The van der Waals surface area contributed by atoms with E-state index >= 15 is 0 Å². The van der Waals surface area contributed by atoms with E-state index in [9.17, 15) is 4.79 Å². The van der Waals surface area contributed by atoms with E-state index < -0.39 is 6.29 Å². The molecule has 3 aliphatic rings. The molecule has 3 N–H and O–H groups in total. The van der Waals surface area contributed by atoms with Gasteiger partial charge in [0, 0.05) is 50.0 Å². The Morgan fingerprint density at radius 1 is 1.09 bits per heavy atom. The molecule has 1 unspecified atom stereocenters. The average Bonchev–Trinajstić information content (AvgIpc) is 2.98. The van der Waals surface area contributed by atoms with Crippen LogP contribution < -0.4 is 25.6 Å². The first-order valence-electron chi connectivity index (χ1n) is 11.2. The predicted molar refractivity (Wildman–Crippen MR) is 136 cm³/mol. The summed E-state index contributed by atoms with van der Waals surface area (Å²) in [7, 11) is 5.73. The highest BCUT2D eigenvalue weighted by atomic mass is 35.5. The van der Waals surface area contributed by atoms with Crippen LogP contribution in [0.3, 0.4) is 0 Å². The number of halogens is 1. The Morgan fingerprint density at radius 2 is 1.88 bits per heavy atom. The molecule has 0 radical (unpaired) electrons. The number of piperazine rings is 1. The summed E-state index contributed by atoms with van der Waals surface area (Å²) >= 11 is 6.10. The third kappa shape index (κ3) is 4.24. The van der Waals surface area contributed by atoms with Crippen molar-refractivity contribution in [2.75, 3.05) is 62.9 Å². The summed E-state index contributed by atoms with van der Waals surface area (Å²) in [6.07, 6.45) is 1.26. The molecule has 34 heavy (non-hydrogen) atoms. The Bertz CT molecular complexity index is 1170. The van der Waals surface area contributed by atoms with Crippen molar-refractivity contribution in [3.63, 3.8) is 0 Å². The third-order valence-corrected chi connectivity index (χ3v) is 6.62. The Labute approximate surface area is 204 Å². The van der Waals surface area contributed by atoms with Crippen LogP contribution in [0.25, 0.3) is 0 Å². The summed E-state index contributed by atoms with van der Waals surface area (Å²) in [4.78, 5) is 24.0. The monoisotopic (exact) mass is 481 g/mol. The molecule has 0 spiro atoms.